The van der Waals surface area contributed by atoms with E-state index in [1.165, 1.54) is 0 Å². The van der Waals surface area contributed by atoms with Gasteiger partial charge < -0.3 is 14.7 Å². The summed E-state index contributed by atoms with van der Waals surface area (Å²) in [5, 5.41) is 0. The highest BCUT2D eigenvalue weighted by molar-refractivity contribution is 5.94. The average Bonchev–Trinajstić information content (AvgIpc) is 2.79. The summed E-state index contributed by atoms with van der Waals surface area (Å²) in [7, 11) is 1.78. The first-order valence-corrected chi connectivity index (χ1v) is 9.03. The quantitative estimate of drug-likeness (QED) is 0.786. The zero-order valence-corrected chi connectivity index (χ0v) is 15.6. The molecule has 1 aromatic heterocycles. The Labute approximate surface area is 154 Å². The van der Waals surface area contributed by atoms with Crippen molar-refractivity contribution in [1.29, 1.82) is 0 Å². The van der Waals surface area contributed by atoms with Crippen LogP contribution in [0.2, 0.25) is 0 Å². The van der Waals surface area contributed by atoms with E-state index in [4.69, 9.17) is 0 Å². The van der Waals surface area contributed by atoms with E-state index in [0.29, 0.717) is 44.7 Å². The summed E-state index contributed by atoms with van der Waals surface area (Å²) in [5.41, 5.74) is 0.173. The Morgan fingerprint density at radius 2 is 1.69 bits per heavy atom. The van der Waals surface area contributed by atoms with Crippen LogP contribution in [0.15, 0.2) is 24.5 Å². The SMILES string of the molecule is CC(C)C(=O)N1CCN(C(=O)c2ccncc2)C[C@@]2(CC(=O)N(C)C2)C1. The first kappa shape index (κ1) is 18.4. The van der Waals surface area contributed by atoms with Crippen LogP contribution in [-0.2, 0) is 9.59 Å². The van der Waals surface area contributed by atoms with E-state index < -0.39 is 5.41 Å². The number of amides is 3. The standard InChI is InChI=1S/C19H26N4O3/c1-14(2)17(25)22-8-9-23(18(26)15-4-6-20-7-5-15)13-19(12-22)10-16(24)21(3)11-19/h4-7,14H,8-13H2,1-3H3/t19-/m1/s1. The van der Waals surface area contributed by atoms with Gasteiger partial charge in [0.15, 0.2) is 0 Å². The Morgan fingerprint density at radius 1 is 1.08 bits per heavy atom. The van der Waals surface area contributed by atoms with Gasteiger partial charge in [0.05, 0.1) is 0 Å². The molecule has 2 aliphatic heterocycles. The third-order valence-electron chi connectivity index (χ3n) is 5.24. The monoisotopic (exact) mass is 358 g/mol. The highest BCUT2D eigenvalue weighted by Gasteiger charge is 2.47. The van der Waals surface area contributed by atoms with E-state index in [9.17, 15) is 14.4 Å². The summed E-state index contributed by atoms with van der Waals surface area (Å²) in [4.78, 5) is 47.1. The maximum atomic E-state index is 13.0. The number of carbonyl (C=O) groups is 3. The zero-order chi connectivity index (χ0) is 18.9. The molecule has 3 heterocycles. The van der Waals surface area contributed by atoms with Crippen molar-refractivity contribution >= 4 is 17.7 Å². The first-order valence-electron chi connectivity index (χ1n) is 9.03. The van der Waals surface area contributed by atoms with Crippen LogP contribution in [-0.4, -0.2) is 77.2 Å². The number of hydrogen-bond acceptors (Lipinski definition) is 4. The lowest BCUT2D eigenvalue weighted by Crippen LogP contribution is -2.45. The molecule has 3 rings (SSSR count). The largest absolute Gasteiger partial charge is 0.345 e. The fourth-order valence-electron chi connectivity index (χ4n) is 3.98. The Kier molecular flexibility index (Phi) is 4.98. The fraction of sp³-hybridized carbons (Fsp3) is 0.579. The molecule has 1 spiro atoms. The molecule has 7 heteroatoms. The van der Waals surface area contributed by atoms with E-state index >= 15 is 0 Å². The summed E-state index contributed by atoms with van der Waals surface area (Å²) in [6.07, 6.45) is 3.57. The van der Waals surface area contributed by atoms with Gasteiger partial charge in [-0.05, 0) is 12.1 Å². The van der Waals surface area contributed by atoms with Crippen LogP contribution in [0.4, 0.5) is 0 Å². The molecule has 140 valence electrons. The van der Waals surface area contributed by atoms with Gasteiger partial charge >= 0.3 is 0 Å². The molecular weight excluding hydrogens is 332 g/mol. The van der Waals surface area contributed by atoms with Gasteiger partial charge in [-0.25, -0.2) is 0 Å². The van der Waals surface area contributed by atoms with Gasteiger partial charge in [-0.15, -0.1) is 0 Å². The van der Waals surface area contributed by atoms with Gasteiger partial charge in [-0.2, -0.15) is 0 Å². The molecule has 2 aliphatic rings. The summed E-state index contributed by atoms with van der Waals surface area (Å²) < 4.78 is 0. The van der Waals surface area contributed by atoms with Gasteiger partial charge in [-0.3, -0.25) is 19.4 Å². The van der Waals surface area contributed by atoms with Crippen molar-refractivity contribution < 1.29 is 14.4 Å². The Morgan fingerprint density at radius 3 is 2.27 bits per heavy atom. The van der Waals surface area contributed by atoms with Crippen LogP contribution in [0.25, 0.3) is 0 Å². The Balaban J connectivity index is 1.88. The minimum absolute atomic E-state index is 0.0696. The van der Waals surface area contributed by atoms with Crippen molar-refractivity contribution in [2.24, 2.45) is 11.3 Å². The minimum atomic E-state index is -0.407. The van der Waals surface area contributed by atoms with Crippen LogP contribution < -0.4 is 0 Å². The lowest BCUT2D eigenvalue weighted by molar-refractivity contribution is -0.135. The average molecular weight is 358 g/mol. The molecule has 0 aliphatic carbocycles. The second-order valence-electron chi connectivity index (χ2n) is 7.80. The Hall–Kier alpha value is -2.44. The summed E-state index contributed by atoms with van der Waals surface area (Å²) in [5.74, 6) is -0.0401. The van der Waals surface area contributed by atoms with Crippen LogP contribution in [0.3, 0.4) is 0 Å². The fourth-order valence-corrected chi connectivity index (χ4v) is 3.98. The maximum Gasteiger partial charge on any atom is 0.254 e. The molecule has 0 radical (unpaired) electrons. The number of nitrogens with zero attached hydrogens (tertiary/aromatic N) is 4. The third-order valence-corrected chi connectivity index (χ3v) is 5.24. The topological polar surface area (TPSA) is 73.8 Å². The smallest absolute Gasteiger partial charge is 0.254 e. The summed E-state index contributed by atoms with van der Waals surface area (Å²) in [6.45, 7) is 6.28. The van der Waals surface area contributed by atoms with Gasteiger partial charge in [0.2, 0.25) is 11.8 Å². The molecule has 2 fully saturated rings. The van der Waals surface area contributed by atoms with Gasteiger partial charge in [0.1, 0.15) is 0 Å². The molecular formula is C19H26N4O3. The number of hydrogen-bond donors (Lipinski definition) is 0. The maximum absolute atomic E-state index is 13.0. The highest BCUT2D eigenvalue weighted by atomic mass is 16.2. The van der Waals surface area contributed by atoms with Crippen molar-refractivity contribution in [3.8, 4) is 0 Å². The predicted octanol–water partition coefficient (Wildman–Crippen LogP) is 0.871. The number of rotatable bonds is 2. The van der Waals surface area contributed by atoms with Crippen LogP contribution in [0.1, 0.15) is 30.6 Å². The minimum Gasteiger partial charge on any atom is -0.345 e. The molecule has 0 unspecified atom stereocenters. The molecule has 3 amide bonds. The molecule has 26 heavy (non-hydrogen) atoms. The lowest BCUT2D eigenvalue weighted by atomic mass is 9.85. The molecule has 0 aromatic carbocycles. The number of likely N-dealkylation sites (tertiary alicyclic amines) is 1. The molecule has 2 saturated heterocycles. The third kappa shape index (κ3) is 3.57. The first-order chi connectivity index (χ1) is 12.3. The van der Waals surface area contributed by atoms with Gasteiger partial charge in [0, 0.05) is 75.5 Å². The molecule has 0 bridgehead atoms. The zero-order valence-electron chi connectivity index (χ0n) is 15.6. The highest BCUT2D eigenvalue weighted by Crippen LogP contribution is 2.35. The van der Waals surface area contributed by atoms with E-state index in [-0.39, 0.29) is 23.6 Å². The van der Waals surface area contributed by atoms with Crippen molar-refractivity contribution in [2.75, 3.05) is 39.8 Å². The Bertz CT molecular complexity index is 706. The second-order valence-corrected chi connectivity index (χ2v) is 7.80. The van der Waals surface area contributed by atoms with Crippen LogP contribution >= 0.6 is 0 Å². The van der Waals surface area contributed by atoms with Crippen molar-refractivity contribution in [3.63, 3.8) is 0 Å². The molecule has 1 atom stereocenters. The van der Waals surface area contributed by atoms with E-state index in [1.807, 2.05) is 18.7 Å². The normalized spacial score (nSPS) is 23.7. The number of aromatic nitrogens is 1. The van der Waals surface area contributed by atoms with Gasteiger partial charge in [-0.1, -0.05) is 13.8 Å². The lowest BCUT2D eigenvalue weighted by Gasteiger charge is -2.33. The molecule has 0 N–H and O–H groups in total. The predicted molar refractivity (Wildman–Crippen MR) is 96.2 cm³/mol. The van der Waals surface area contributed by atoms with Gasteiger partial charge in [0.25, 0.3) is 5.91 Å². The number of carbonyl (C=O) groups excluding carboxylic acids is 3. The summed E-state index contributed by atoms with van der Waals surface area (Å²) >= 11 is 0. The molecule has 7 nitrogen and oxygen atoms in total. The van der Waals surface area contributed by atoms with E-state index in [0.717, 1.165) is 0 Å². The molecule has 0 saturated carbocycles. The second kappa shape index (κ2) is 7.05. The summed E-state index contributed by atoms with van der Waals surface area (Å²) in [6, 6.07) is 3.39. The van der Waals surface area contributed by atoms with Crippen LogP contribution in [0, 0.1) is 11.3 Å². The van der Waals surface area contributed by atoms with Crippen molar-refractivity contribution in [3.05, 3.63) is 30.1 Å². The van der Waals surface area contributed by atoms with E-state index in [1.54, 1.807) is 41.4 Å². The van der Waals surface area contributed by atoms with Crippen molar-refractivity contribution in [2.45, 2.75) is 20.3 Å². The van der Waals surface area contributed by atoms with Crippen LogP contribution in [0.5, 0.6) is 0 Å². The molecule has 1 aromatic rings. The number of pyridine rings is 1. The van der Waals surface area contributed by atoms with Crippen molar-refractivity contribution in [1.82, 2.24) is 19.7 Å². The van der Waals surface area contributed by atoms with E-state index in [2.05, 4.69) is 4.98 Å².